The third-order valence-electron chi connectivity index (χ3n) is 5.80. The van der Waals surface area contributed by atoms with Crippen molar-refractivity contribution < 1.29 is 14.3 Å². The van der Waals surface area contributed by atoms with E-state index < -0.39 is 0 Å². The average Bonchev–Trinajstić information content (AvgIpc) is 2.77. The van der Waals surface area contributed by atoms with E-state index in [1.807, 2.05) is 30.3 Å². The van der Waals surface area contributed by atoms with Crippen LogP contribution in [0.15, 0.2) is 30.3 Å². The molecule has 1 aromatic carbocycles. The van der Waals surface area contributed by atoms with Crippen molar-refractivity contribution in [3.63, 3.8) is 0 Å². The molecule has 0 fully saturated rings. The van der Waals surface area contributed by atoms with Crippen LogP contribution in [0, 0.1) is 0 Å². The summed E-state index contributed by atoms with van der Waals surface area (Å²) in [6.45, 7) is 0.387. The first-order valence-corrected chi connectivity index (χ1v) is 12.7. The van der Waals surface area contributed by atoms with Crippen LogP contribution in [-0.2, 0) is 20.9 Å². The summed E-state index contributed by atoms with van der Waals surface area (Å²) in [5.74, 6) is -0.247. The van der Waals surface area contributed by atoms with Gasteiger partial charge in [-0.1, -0.05) is 120 Å². The summed E-state index contributed by atoms with van der Waals surface area (Å²) in [7, 11) is 0. The largest absolute Gasteiger partial charge is 0.461 e. The molecule has 0 radical (unpaired) electrons. The van der Waals surface area contributed by atoms with E-state index in [0.717, 1.165) is 31.2 Å². The first-order valence-electron chi connectivity index (χ1n) is 12.7. The number of carbonyl (C=O) groups is 2. The summed E-state index contributed by atoms with van der Waals surface area (Å²) >= 11 is 0. The van der Waals surface area contributed by atoms with E-state index in [9.17, 15) is 9.59 Å². The van der Waals surface area contributed by atoms with E-state index in [4.69, 9.17) is 10.5 Å². The Labute approximate surface area is 190 Å². The summed E-state index contributed by atoms with van der Waals surface area (Å²) in [5.41, 5.74) is 6.19. The maximum atomic E-state index is 11.8. The molecule has 0 saturated heterocycles. The third-order valence-corrected chi connectivity index (χ3v) is 5.80. The lowest BCUT2D eigenvalue weighted by Gasteiger charge is -2.05. The predicted molar refractivity (Wildman–Crippen MR) is 129 cm³/mol. The van der Waals surface area contributed by atoms with Crippen molar-refractivity contribution in [1.29, 1.82) is 0 Å². The van der Waals surface area contributed by atoms with Crippen molar-refractivity contribution in [3.8, 4) is 0 Å². The number of nitrogens with two attached hydrogens (primary N) is 1. The quantitative estimate of drug-likeness (QED) is 0.165. The van der Waals surface area contributed by atoms with Gasteiger partial charge in [0.15, 0.2) is 0 Å². The number of rotatable bonds is 21. The highest BCUT2D eigenvalue weighted by atomic mass is 16.5. The fourth-order valence-corrected chi connectivity index (χ4v) is 3.85. The van der Waals surface area contributed by atoms with E-state index in [1.165, 1.54) is 77.0 Å². The maximum absolute atomic E-state index is 11.8. The number of hydrogen-bond donors (Lipinski definition) is 1. The molecule has 0 aliphatic heterocycles. The number of amides is 1. The van der Waals surface area contributed by atoms with Crippen LogP contribution in [0.5, 0.6) is 0 Å². The van der Waals surface area contributed by atoms with Gasteiger partial charge in [-0.2, -0.15) is 0 Å². The van der Waals surface area contributed by atoms with Gasteiger partial charge in [-0.05, 0) is 18.4 Å². The highest BCUT2D eigenvalue weighted by Gasteiger charge is 2.03. The van der Waals surface area contributed by atoms with Crippen molar-refractivity contribution in [2.24, 2.45) is 5.73 Å². The molecule has 0 heterocycles. The van der Waals surface area contributed by atoms with E-state index in [0.29, 0.717) is 19.4 Å². The Balaban J connectivity index is 1.73. The van der Waals surface area contributed by atoms with Gasteiger partial charge in [0.2, 0.25) is 5.91 Å². The minimum Gasteiger partial charge on any atom is -0.461 e. The molecule has 2 N–H and O–H groups in total. The van der Waals surface area contributed by atoms with Crippen LogP contribution in [0.2, 0.25) is 0 Å². The number of ether oxygens (including phenoxy) is 1. The lowest BCUT2D eigenvalue weighted by atomic mass is 10.0. The van der Waals surface area contributed by atoms with Gasteiger partial charge < -0.3 is 10.5 Å². The second-order valence-electron chi connectivity index (χ2n) is 8.77. The highest BCUT2D eigenvalue weighted by molar-refractivity contribution is 5.73. The lowest BCUT2D eigenvalue weighted by Crippen LogP contribution is -2.09. The van der Waals surface area contributed by atoms with Crippen LogP contribution in [0.1, 0.15) is 121 Å². The SMILES string of the molecule is NC(=O)CCCCCCCCCCCCCCCCCCC(=O)OCc1ccccc1. The van der Waals surface area contributed by atoms with E-state index >= 15 is 0 Å². The molecular formula is C27H45NO3. The summed E-state index contributed by atoms with van der Waals surface area (Å²) in [5, 5.41) is 0. The van der Waals surface area contributed by atoms with Crippen molar-refractivity contribution in [1.82, 2.24) is 0 Å². The van der Waals surface area contributed by atoms with Crippen LogP contribution < -0.4 is 5.73 Å². The van der Waals surface area contributed by atoms with E-state index in [1.54, 1.807) is 0 Å². The Morgan fingerprint density at radius 2 is 0.968 bits per heavy atom. The number of primary amides is 1. The molecular weight excluding hydrogens is 386 g/mol. The van der Waals surface area contributed by atoms with Gasteiger partial charge in [0.1, 0.15) is 6.61 Å². The molecule has 0 saturated carbocycles. The Hall–Kier alpha value is -1.84. The topological polar surface area (TPSA) is 69.4 Å². The van der Waals surface area contributed by atoms with E-state index in [2.05, 4.69) is 0 Å². The van der Waals surface area contributed by atoms with Gasteiger partial charge in [-0.25, -0.2) is 0 Å². The Kier molecular flexibility index (Phi) is 17.6. The van der Waals surface area contributed by atoms with Crippen LogP contribution in [0.4, 0.5) is 0 Å². The Bertz CT molecular complexity index is 559. The Morgan fingerprint density at radius 1 is 0.581 bits per heavy atom. The second-order valence-corrected chi connectivity index (χ2v) is 8.77. The minimum absolute atomic E-state index is 0.0769. The van der Waals surface area contributed by atoms with Crippen molar-refractivity contribution in [3.05, 3.63) is 35.9 Å². The zero-order valence-corrected chi connectivity index (χ0v) is 19.6. The lowest BCUT2D eigenvalue weighted by molar-refractivity contribution is -0.145. The number of carbonyl (C=O) groups excluding carboxylic acids is 2. The zero-order chi connectivity index (χ0) is 22.4. The highest BCUT2D eigenvalue weighted by Crippen LogP contribution is 2.14. The predicted octanol–water partition coefficient (Wildman–Crippen LogP) is 7.24. The average molecular weight is 432 g/mol. The number of hydrogen-bond acceptors (Lipinski definition) is 3. The van der Waals surface area contributed by atoms with Crippen molar-refractivity contribution in [2.75, 3.05) is 0 Å². The first kappa shape index (κ1) is 27.2. The van der Waals surface area contributed by atoms with Gasteiger partial charge in [-0.15, -0.1) is 0 Å². The molecule has 1 aromatic rings. The van der Waals surface area contributed by atoms with Gasteiger partial charge in [0.05, 0.1) is 0 Å². The second kappa shape index (κ2) is 20.1. The monoisotopic (exact) mass is 431 g/mol. The standard InChI is InChI=1S/C27H45NO3/c28-26(29)22-18-13-11-9-7-5-3-1-2-4-6-8-10-12-14-19-23-27(30)31-24-25-20-16-15-17-21-25/h15-17,20-21H,1-14,18-19,22-24H2,(H2,28,29). The normalized spacial score (nSPS) is 10.8. The molecule has 1 amide bonds. The van der Waals surface area contributed by atoms with Crippen molar-refractivity contribution in [2.45, 2.75) is 122 Å². The first-order chi connectivity index (χ1) is 15.2. The number of unbranched alkanes of at least 4 members (excludes halogenated alkanes) is 15. The molecule has 31 heavy (non-hydrogen) atoms. The molecule has 1 rings (SSSR count). The van der Waals surface area contributed by atoms with Crippen LogP contribution in [0.25, 0.3) is 0 Å². The molecule has 0 aromatic heterocycles. The van der Waals surface area contributed by atoms with Crippen LogP contribution in [0.3, 0.4) is 0 Å². The molecule has 0 spiro atoms. The molecule has 0 aliphatic carbocycles. The number of benzene rings is 1. The summed E-state index contributed by atoms with van der Waals surface area (Å²) in [6, 6.07) is 9.85. The fraction of sp³-hybridized carbons (Fsp3) is 0.704. The summed E-state index contributed by atoms with van der Waals surface area (Å²) in [6.07, 6.45) is 21.1. The fourth-order valence-electron chi connectivity index (χ4n) is 3.85. The van der Waals surface area contributed by atoms with Crippen LogP contribution in [-0.4, -0.2) is 11.9 Å². The van der Waals surface area contributed by atoms with Gasteiger partial charge in [0.25, 0.3) is 0 Å². The molecule has 176 valence electrons. The molecule has 4 heteroatoms. The summed E-state index contributed by atoms with van der Waals surface area (Å²) < 4.78 is 5.31. The van der Waals surface area contributed by atoms with Gasteiger partial charge >= 0.3 is 5.97 Å². The molecule has 0 aliphatic rings. The van der Waals surface area contributed by atoms with Crippen LogP contribution >= 0.6 is 0 Å². The molecule has 0 unspecified atom stereocenters. The smallest absolute Gasteiger partial charge is 0.306 e. The summed E-state index contributed by atoms with van der Waals surface area (Å²) in [4.78, 5) is 22.4. The molecule has 4 nitrogen and oxygen atoms in total. The third kappa shape index (κ3) is 18.6. The minimum atomic E-state index is -0.170. The molecule has 0 atom stereocenters. The number of esters is 1. The zero-order valence-electron chi connectivity index (χ0n) is 19.6. The van der Waals surface area contributed by atoms with Gasteiger partial charge in [0, 0.05) is 12.8 Å². The van der Waals surface area contributed by atoms with E-state index in [-0.39, 0.29) is 11.9 Å². The maximum Gasteiger partial charge on any atom is 0.306 e. The van der Waals surface area contributed by atoms with Crippen molar-refractivity contribution >= 4 is 11.9 Å². The molecule has 0 bridgehead atoms. The Morgan fingerprint density at radius 3 is 1.39 bits per heavy atom. The van der Waals surface area contributed by atoms with Gasteiger partial charge in [-0.3, -0.25) is 9.59 Å².